The summed E-state index contributed by atoms with van der Waals surface area (Å²) in [6, 6.07) is 7.26. The number of carbonyl (C=O) groups is 2. The third kappa shape index (κ3) is 4.09. The van der Waals surface area contributed by atoms with Crippen molar-refractivity contribution in [2.75, 3.05) is 5.32 Å². The molecule has 1 unspecified atom stereocenters. The van der Waals surface area contributed by atoms with Crippen molar-refractivity contribution < 1.29 is 14.0 Å². The zero-order chi connectivity index (χ0) is 18.5. The molecule has 0 saturated heterocycles. The quantitative estimate of drug-likeness (QED) is 0.721. The van der Waals surface area contributed by atoms with Crippen LogP contribution in [0.5, 0.6) is 0 Å². The highest BCUT2D eigenvalue weighted by atomic mass is 32.1. The van der Waals surface area contributed by atoms with Crippen LogP contribution in [0.4, 0.5) is 10.1 Å². The van der Waals surface area contributed by atoms with Crippen LogP contribution in [0, 0.1) is 5.82 Å². The van der Waals surface area contributed by atoms with Crippen molar-refractivity contribution in [1.29, 1.82) is 0 Å². The molecule has 2 amide bonds. The second kappa shape index (κ2) is 7.83. The summed E-state index contributed by atoms with van der Waals surface area (Å²) in [6.07, 6.45) is 4.23. The monoisotopic (exact) mass is 370 g/mol. The molecule has 3 aromatic rings. The van der Waals surface area contributed by atoms with Crippen molar-refractivity contribution in [2.24, 2.45) is 0 Å². The number of halogens is 1. The van der Waals surface area contributed by atoms with Crippen LogP contribution in [0.15, 0.2) is 54.3 Å². The van der Waals surface area contributed by atoms with Gasteiger partial charge in [-0.3, -0.25) is 14.6 Å². The topological polar surface area (TPSA) is 84.0 Å². The van der Waals surface area contributed by atoms with E-state index >= 15 is 0 Å². The van der Waals surface area contributed by atoms with Crippen molar-refractivity contribution in [2.45, 2.75) is 13.0 Å². The van der Waals surface area contributed by atoms with Gasteiger partial charge < -0.3 is 10.6 Å². The summed E-state index contributed by atoms with van der Waals surface area (Å²) in [5.41, 5.74) is 1.33. The Kier molecular flexibility index (Phi) is 5.33. The van der Waals surface area contributed by atoms with Crippen LogP contribution in [0.25, 0.3) is 0 Å². The summed E-state index contributed by atoms with van der Waals surface area (Å²) in [4.78, 5) is 32.9. The van der Waals surface area contributed by atoms with Crippen molar-refractivity contribution in [1.82, 2.24) is 15.3 Å². The average Bonchev–Trinajstić information content (AvgIpc) is 3.11. The molecule has 1 atom stereocenters. The summed E-state index contributed by atoms with van der Waals surface area (Å²) >= 11 is 1.21. The number of carbonyl (C=O) groups excluding carboxylic acids is 2. The van der Waals surface area contributed by atoms with E-state index < -0.39 is 5.91 Å². The van der Waals surface area contributed by atoms with Crippen LogP contribution in [0.1, 0.15) is 38.7 Å². The van der Waals surface area contributed by atoms with E-state index in [-0.39, 0.29) is 23.5 Å². The molecular formula is C18H15FN4O2S. The lowest BCUT2D eigenvalue weighted by molar-refractivity contribution is 0.0945. The molecular weight excluding hydrogens is 355 g/mol. The number of hydrogen-bond donors (Lipinski definition) is 2. The molecule has 2 aromatic heterocycles. The van der Waals surface area contributed by atoms with E-state index in [9.17, 15) is 14.0 Å². The van der Waals surface area contributed by atoms with Crippen molar-refractivity contribution in [3.63, 3.8) is 0 Å². The molecule has 26 heavy (non-hydrogen) atoms. The first kappa shape index (κ1) is 17.7. The molecule has 0 aliphatic rings. The van der Waals surface area contributed by atoms with Crippen molar-refractivity contribution in [3.05, 3.63) is 76.3 Å². The number of anilines is 1. The Morgan fingerprint density at radius 2 is 1.88 bits per heavy atom. The highest BCUT2D eigenvalue weighted by molar-refractivity contribution is 7.12. The molecule has 2 heterocycles. The molecule has 3 rings (SSSR count). The number of nitrogens with zero attached hydrogens (tertiary/aromatic N) is 2. The van der Waals surface area contributed by atoms with E-state index in [1.807, 2.05) is 0 Å². The lowest BCUT2D eigenvalue weighted by Crippen LogP contribution is -2.27. The molecule has 132 valence electrons. The number of aromatic nitrogens is 2. The molecule has 2 N–H and O–H groups in total. The first-order valence-corrected chi connectivity index (χ1v) is 8.63. The molecule has 1 aromatic carbocycles. The fraction of sp³-hybridized carbons (Fsp3) is 0.111. The van der Waals surface area contributed by atoms with Crippen molar-refractivity contribution >= 4 is 28.8 Å². The lowest BCUT2D eigenvalue weighted by atomic mass is 10.1. The van der Waals surface area contributed by atoms with Gasteiger partial charge in [-0.25, -0.2) is 9.37 Å². The van der Waals surface area contributed by atoms with Gasteiger partial charge in [0.15, 0.2) is 0 Å². The van der Waals surface area contributed by atoms with Crippen LogP contribution in [-0.2, 0) is 0 Å². The van der Waals surface area contributed by atoms with Gasteiger partial charge in [-0.2, -0.15) is 0 Å². The lowest BCUT2D eigenvalue weighted by Gasteiger charge is -2.14. The highest BCUT2D eigenvalue weighted by Crippen LogP contribution is 2.24. The second-order valence-electron chi connectivity index (χ2n) is 5.45. The van der Waals surface area contributed by atoms with E-state index in [0.717, 1.165) is 5.56 Å². The van der Waals surface area contributed by atoms with Gasteiger partial charge in [-0.05, 0) is 36.1 Å². The Morgan fingerprint density at radius 3 is 2.58 bits per heavy atom. The standard InChI is InChI=1S/C18H15FN4O2S/c1-11(12-2-4-13(19)5-3-12)22-18(25)16-14(6-9-26-16)23-17(24)15-10-20-7-8-21-15/h2-11H,1H3,(H,22,25)(H,23,24). The Hall–Kier alpha value is -3.13. The van der Waals surface area contributed by atoms with Crippen LogP contribution in [0.2, 0.25) is 0 Å². The Morgan fingerprint density at radius 1 is 1.12 bits per heavy atom. The predicted octanol–water partition coefficient (Wildman–Crippen LogP) is 3.42. The average molecular weight is 370 g/mol. The maximum Gasteiger partial charge on any atom is 0.275 e. The van der Waals surface area contributed by atoms with E-state index in [2.05, 4.69) is 20.6 Å². The Labute approximate surface area is 153 Å². The fourth-order valence-electron chi connectivity index (χ4n) is 2.28. The summed E-state index contributed by atoms with van der Waals surface area (Å²) < 4.78 is 13.0. The van der Waals surface area contributed by atoms with Gasteiger partial charge in [0.2, 0.25) is 0 Å². The maximum absolute atomic E-state index is 13.0. The molecule has 0 radical (unpaired) electrons. The van der Waals surface area contributed by atoms with Crippen LogP contribution >= 0.6 is 11.3 Å². The summed E-state index contributed by atoms with van der Waals surface area (Å²) in [6.45, 7) is 1.80. The molecule has 0 fully saturated rings. The van der Waals surface area contributed by atoms with Gasteiger partial charge in [-0.1, -0.05) is 12.1 Å². The summed E-state index contributed by atoms with van der Waals surface area (Å²) in [5, 5.41) is 7.22. The van der Waals surface area contributed by atoms with Crippen molar-refractivity contribution in [3.8, 4) is 0 Å². The number of nitrogens with one attached hydrogen (secondary N) is 2. The number of benzene rings is 1. The molecule has 6 nitrogen and oxygen atoms in total. The van der Waals surface area contributed by atoms with Gasteiger partial charge >= 0.3 is 0 Å². The minimum Gasteiger partial charge on any atom is -0.345 e. The molecule has 0 aliphatic carbocycles. The molecule has 8 heteroatoms. The summed E-state index contributed by atoms with van der Waals surface area (Å²) in [7, 11) is 0. The maximum atomic E-state index is 13.0. The van der Waals surface area contributed by atoms with Crippen LogP contribution < -0.4 is 10.6 Å². The Bertz CT molecular complexity index is 912. The fourth-order valence-corrected chi connectivity index (χ4v) is 3.04. The van der Waals surface area contributed by atoms with E-state index in [0.29, 0.717) is 10.6 Å². The number of rotatable bonds is 5. The number of amides is 2. The van der Waals surface area contributed by atoms with Crippen LogP contribution in [0.3, 0.4) is 0 Å². The molecule has 0 bridgehead atoms. The Balaban J connectivity index is 1.70. The van der Waals surface area contributed by atoms with Gasteiger partial charge in [-0.15, -0.1) is 11.3 Å². The van der Waals surface area contributed by atoms with Gasteiger partial charge in [0, 0.05) is 12.4 Å². The van der Waals surface area contributed by atoms with Gasteiger partial charge in [0.05, 0.1) is 17.9 Å². The highest BCUT2D eigenvalue weighted by Gasteiger charge is 2.18. The smallest absolute Gasteiger partial charge is 0.275 e. The second-order valence-corrected chi connectivity index (χ2v) is 6.37. The first-order valence-electron chi connectivity index (χ1n) is 7.76. The molecule has 0 spiro atoms. The number of thiophene rings is 1. The third-order valence-corrected chi connectivity index (χ3v) is 4.55. The van der Waals surface area contributed by atoms with Gasteiger partial charge in [0.1, 0.15) is 16.4 Å². The third-order valence-electron chi connectivity index (χ3n) is 3.63. The van der Waals surface area contributed by atoms with E-state index in [1.165, 1.54) is 42.1 Å². The largest absolute Gasteiger partial charge is 0.345 e. The first-order chi connectivity index (χ1) is 12.5. The minimum atomic E-state index is -0.447. The molecule has 0 saturated carbocycles. The SMILES string of the molecule is CC(NC(=O)c1sccc1NC(=O)c1cnccn1)c1ccc(F)cc1. The predicted molar refractivity (Wildman–Crippen MR) is 96.6 cm³/mol. The zero-order valence-corrected chi connectivity index (χ0v) is 14.6. The number of hydrogen-bond acceptors (Lipinski definition) is 5. The zero-order valence-electron chi connectivity index (χ0n) is 13.8. The van der Waals surface area contributed by atoms with Gasteiger partial charge in [0.25, 0.3) is 11.8 Å². The van der Waals surface area contributed by atoms with E-state index in [4.69, 9.17) is 0 Å². The summed E-state index contributed by atoms with van der Waals surface area (Å²) in [5.74, 6) is -1.11. The van der Waals surface area contributed by atoms with E-state index in [1.54, 1.807) is 30.5 Å². The molecule has 0 aliphatic heterocycles. The minimum absolute atomic E-state index is 0.157. The normalized spacial score (nSPS) is 11.6. The van der Waals surface area contributed by atoms with Crippen LogP contribution in [-0.4, -0.2) is 21.8 Å².